The maximum absolute atomic E-state index is 9.92. The van der Waals surface area contributed by atoms with E-state index in [1.807, 2.05) is 6.20 Å². The molecule has 84 valence electrons. The second-order valence-corrected chi connectivity index (χ2v) is 4.35. The van der Waals surface area contributed by atoms with Crippen molar-refractivity contribution in [3.63, 3.8) is 0 Å². The van der Waals surface area contributed by atoms with Gasteiger partial charge in [-0.3, -0.25) is 0 Å². The van der Waals surface area contributed by atoms with Crippen LogP contribution in [0.4, 0.5) is 0 Å². The number of nitrogens with zero attached hydrogens (tertiary/aromatic N) is 2. The van der Waals surface area contributed by atoms with Gasteiger partial charge in [0.2, 0.25) is 0 Å². The van der Waals surface area contributed by atoms with Crippen LogP contribution in [-0.2, 0) is 4.74 Å². The molecule has 0 amide bonds. The molecule has 15 heavy (non-hydrogen) atoms. The van der Waals surface area contributed by atoms with Gasteiger partial charge < -0.3 is 14.4 Å². The van der Waals surface area contributed by atoms with Crippen molar-refractivity contribution in [3.8, 4) is 0 Å². The van der Waals surface area contributed by atoms with Crippen LogP contribution in [0.15, 0.2) is 12.4 Å². The standard InChI is InChI=1S/C11H18N2O2/c1-8(2)11-12-4-5-13(11)9-7-15-6-3-10(9)14/h4-5,8-10,14H,3,6-7H2,1-2H3. The van der Waals surface area contributed by atoms with E-state index in [2.05, 4.69) is 23.4 Å². The van der Waals surface area contributed by atoms with Gasteiger partial charge >= 0.3 is 0 Å². The van der Waals surface area contributed by atoms with Gasteiger partial charge in [-0.2, -0.15) is 0 Å². The Hall–Kier alpha value is -0.870. The Bertz CT molecular complexity index is 322. The lowest BCUT2D eigenvalue weighted by atomic mass is 10.1. The SMILES string of the molecule is CC(C)c1nccn1C1COCCC1O. The van der Waals surface area contributed by atoms with Crippen molar-refractivity contribution >= 4 is 0 Å². The molecule has 2 heterocycles. The molecular weight excluding hydrogens is 192 g/mol. The Labute approximate surface area is 89.9 Å². The predicted molar refractivity (Wildman–Crippen MR) is 56.8 cm³/mol. The van der Waals surface area contributed by atoms with E-state index in [9.17, 15) is 5.11 Å². The van der Waals surface area contributed by atoms with Crippen LogP contribution in [0, 0.1) is 0 Å². The van der Waals surface area contributed by atoms with Gasteiger partial charge in [-0.25, -0.2) is 4.98 Å². The van der Waals surface area contributed by atoms with Gasteiger partial charge in [0.1, 0.15) is 5.82 Å². The van der Waals surface area contributed by atoms with Crippen molar-refractivity contribution in [2.24, 2.45) is 0 Å². The van der Waals surface area contributed by atoms with Crippen LogP contribution in [0.2, 0.25) is 0 Å². The van der Waals surface area contributed by atoms with Crippen molar-refractivity contribution in [1.82, 2.24) is 9.55 Å². The summed E-state index contributed by atoms with van der Waals surface area (Å²) in [6.45, 7) is 5.45. The van der Waals surface area contributed by atoms with Crippen molar-refractivity contribution in [2.75, 3.05) is 13.2 Å². The average molecular weight is 210 g/mol. The van der Waals surface area contributed by atoms with Gasteiger partial charge in [-0.15, -0.1) is 0 Å². The van der Waals surface area contributed by atoms with Crippen molar-refractivity contribution in [1.29, 1.82) is 0 Å². The lowest BCUT2D eigenvalue weighted by Crippen LogP contribution is -2.34. The second-order valence-electron chi connectivity index (χ2n) is 4.35. The number of hydrogen-bond donors (Lipinski definition) is 1. The summed E-state index contributed by atoms with van der Waals surface area (Å²) in [5.74, 6) is 1.39. The maximum atomic E-state index is 9.92. The van der Waals surface area contributed by atoms with E-state index in [0.29, 0.717) is 25.6 Å². The Kier molecular flexibility index (Phi) is 3.07. The van der Waals surface area contributed by atoms with E-state index in [4.69, 9.17) is 4.74 Å². The topological polar surface area (TPSA) is 47.3 Å². The van der Waals surface area contributed by atoms with Crippen LogP contribution in [0.5, 0.6) is 0 Å². The first-order chi connectivity index (χ1) is 7.20. The molecule has 0 radical (unpaired) electrons. The molecule has 1 aliphatic rings. The number of imidazole rings is 1. The van der Waals surface area contributed by atoms with Crippen LogP contribution in [0.25, 0.3) is 0 Å². The summed E-state index contributed by atoms with van der Waals surface area (Å²) in [5.41, 5.74) is 0. The van der Waals surface area contributed by atoms with Gasteiger partial charge in [0.25, 0.3) is 0 Å². The van der Waals surface area contributed by atoms with Crippen LogP contribution in [0.3, 0.4) is 0 Å². The Morgan fingerprint density at radius 3 is 3.07 bits per heavy atom. The first-order valence-corrected chi connectivity index (χ1v) is 5.48. The van der Waals surface area contributed by atoms with Crippen LogP contribution >= 0.6 is 0 Å². The fraction of sp³-hybridized carbons (Fsp3) is 0.727. The van der Waals surface area contributed by atoms with Gasteiger partial charge in [-0.05, 0) is 6.42 Å². The maximum Gasteiger partial charge on any atom is 0.111 e. The number of aliphatic hydroxyl groups excluding tert-OH is 1. The van der Waals surface area contributed by atoms with E-state index < -0.39 is 0 Å². The highest BCUT2D eigenvalue weighted by atomic mass is 16.5. The predicted octanol–water partition coefficient (Wildman–Crippen LogP) is 1.33. The normalized spacial score (nSPS) is 27.2. The van der Waals surface area contributed by atoms with Crippen LogP contribution in [-0.4, -0.2) is 34.0 Å². The monoisotopic (exact) mass is 210 g/mol. The Morgan fingerprint density at radius 1 is 1.60 bits per heavy atom. The average Bonchev–Trinajstić information content (AvgIpc) is 2.67. The number of hydrogen-bond acceptors (Lipinski definition) is 3. The summed E-state index contributed by atoms with van der Waals surface area (Å²) in [5, 5.41) is 9.92. The quantitative estimate of drug-likeness (QED) is 0.801. The van der Waals surface area contributed by atoms with Gasteiger partial charge in [-0.1, -0.05) is 13.8 Å². The molecule has 1 aliphatic heterocycles. The van der Waals surface area contributed by atoms with Crippen LogP contribution < -0.4 is 0 Å². The fourth-order valence-corrected chi connectivity index (χ4v) is 2.03. The van der Waals surface area contributed by atoms with Crippen molar-refractivity contribution < 1.29 is 9.84 Å². The highest BCUT2D eigenvalue weighted by Gasteiger charge is 2.27. The minimum Gasteiger partial charge on any atom is -0.391 e. The minimum absolute atomic E-state index is 0.0265. The molecule has 0 spiro atoms. The molecule has 0 aromatic carbocycles. The van der Waals surface area contributed by atoms with Gasteiger partial charge in [0.05, 0.1) is 18.8 Å². The van der Waals surface area contributed by atoms with Gasteiger partial charge in [0.15, 0.2) is 0 Å². The fourth-order valence-electron chi connectivity index (χ4n) is 2.03. The lowest BCUT2D eigenvalue weighted by molar-refractivity contribution is -0.0301. The van der Waals surface area contributed by atoms with E-state index in [1.165, 1.54) is 0 Å². The zero-order valence-electron chi connectivity index (χ0n) is 9.26. The van der Waals surface area contributed by atoms with Gasteiger partial charge in [0, 0.05) is 24.9 Å². The molecule has 1 saturated heterocycles. The molecule has 2 unspecified atom stereocenters. The van der Waals surface area contributed by atoms with Crippen LogP contribution in [0.1, 0.15) is 38.1 Å². The Morgan fingerprint density at radius 2 is 2.40 bits per heavy atom. The summed E-state index contributed by atoms with van der Waals surface area (Å²) < 4.78 is 7.45. The van der Waals surface area contributed by atoms with E-state index >= 15 is 0 Å². The first kappa shape index (κ1) is 10.6. The summed E-state index contributed by atoms with van der Waals surface area (Å²) in [6, 6.07) is 0.0265. The Balaban J connectivity index is 2.23. The molecule has 2 atom stereocenters. The highest BCUT2D eigenvalue weighted by Crippen LogP contribution is 2.24. The zero-order valence-corrected chi connectivity index (χ0v) is 9.26. The molecule has 1 fully saturated rings. The third-order valence-corrected chi connectivity index (χ3v) is 2.86. The molecular formula is C11H18N2O2. The molecule has 0 aliphatic carbocycles. The molecule has 2 rings (SSSR count). The second kappa shape index (κ2) is 4.33. The summed E-state index contributed by atoms with van der Waals surface area (Å²) >= 11 is 0. The zero-order chi connectivity index (χ0) is 10.8. The molecule has 4 heteroatoms. The molecule has 0 saturated carbocycles. The third kappa shape index (κ3) is 2.06. The molecule has 1 aromatic heterocycles. The number of aromatic nitrogens is 2. The highest BCUT2D eigenvalue weighted by molar-refractivity contribution is 5.01. The van der Waals surface area contributed by atoms with E-state index in [-0.39, 0.29) is 12.1 Å². The van der Waals surface area contributed by atoms with Crippen molar-refractivity contribution in [2.45, 2.75) is 38.3 Å². The summed E-state index contributed by atoms with van der Waals surface area (Å²) in [6.07, 6.45) is 4.11. The first-order valence-electron chi connectivity index (χ1n) is 5.48. The molecule has 1 aromatic rings. The third-order valence-electron chi connectivity index (χ3n) is 2.86. The van der Waals surface area contributed by atoms with Crippen molar-refractivity contribution in [3.05, 3.63) is 18.2 Å². The largest absolute Gasteiger partial charge is 0.391 e. The number of rotatable bonds is 2. The lowest BCUT2D eigenvalue weighted by Gasteiger charge is -2.30. The number of aliphatic hydroxyl groups is 1. The summed E-state index contributed by atoms with van der Waals surface area (Å²) in [7, 11) is 0. The smallest absolute Gasteiger partial charge is 0.111 e. The number of ether oxygens (including phenoxy) is 1. The van der Waals surface area contributed by atoms with E-state index in [1.54, 1.807) is 6.20 Å². The molecule has 1 N–H and O–H groups in total. The molecule has 4 nitrogen and oxygen atoms in total. The minimum atomic E-state index is -0.314. The molecule has 0 bridgehead atoms. The summed E-state index contributed by atoms with van der Waals surface area (Å²) in [4.78, 5) is 4.32. The van der Waals surface area contributed by atoms with E-state index in [0.717, 1.165) is 5.82 Å².